The van der Waals surface area contributed by atoms with Crippen LogP contribution in [-0.2, 0) is 11.3 Å². The molecule has 1 aliphatic heterocycles. The third kappa shape index (κ3) is 3.96. The number of hydrogen-bond donors (Lipinski definition) is 2. The first-order valence-electron chi connectivity index (χ1n) is 8.07. The first-order chi connectivity index (χ1) is 12.0. The minimum absolute atomic E-state index is 0.175. The number of nitrogens with one attached hydrogen (secondary N) is 1. The summed E-state index contributed by atoms with van der Waals surface area (Å²) in [5.41, 5.74) is 1.01. The van der Waals surface area contributed by atoms with E-state index in [0.717, 1.165) is 0 Å². The van der Waals surface area contributed by atoms with Crippen molar-refractivity contribution in [3.8, 4) is 5.69 Å². The van der Waals surface area contributed by atoms with Gasteiger partial charge in [-0.25, -0.2) is 14.2 Å². The Balaban J connectivity index is 1.59. The third-order valence-corrected chi connectivity index (χ3v) is 4.30. The number of benzene rings is 1. The van der Waals surface area contributed by atoms with E-state index in [0.29, 0.717) is 30.6 Å². The summed E-state index contributed by atoms with van der Waals surface area (Å²) in [6.45, 7) is 0.910. The van der Waals surface area contributed by atoms with Crippen LogP contribution in [0.1, 0.15) is 18.4 Å². The topological polar surface area (TPSA) is 87.5 Å². The number of halogens is 1. The highest BCUT2D eigenvalue weighted by Gasteiger charge is 2.27. The number of urea groups is 1. The van der Waals surface area contributed by atoms with Crippen LogP contribution in [0.15, 0.2) is 36.9 Å². The van der Waals surface area contributed by atoms with Crippen LogP contribution in [0.4, 0.5) is 9.18 Å². The monoisotopic (exact) mass is 346 g/mol. The molecule has 0 aliphatic carbocycles. The Morgan fingerprint density at radius 2 is 2.24 bits per heavy atom. The molecule has 2 heterocycles. The highest BCUT2D eigenvalue weighted by atomic mass is 19.1. The maximum atomic E-state index is 14.2. The largest absolute Gasteiger partial charge is 0.481 e. The van der Waals surface area contributed by atoms with E-state index in [4.69, 9.17) is 5.11 Å². The number of aliphatic carboxylic acids is 1. The SMILES string of the molecule is O=C(O)C1CCCN(C(=O)NCc2ccc(-n3ccnc3)c(F)c2)C1. The van der Waals surface area contributed by atoms with E-state index in [1.807, 2.05) is 0 Å². The number of carbonyl (C=O) groups excluding carboxylic acids is 1. The van der Waals surface area contributed by atoms with E-state index in [1.165, 1.54) is 17.3 Å². The highest BCUT2D eigenvalue weighted by molar-refractivity contribution is 5.76. The summed E-state index contributed by atoms with van der Waals surface area (Å²) >= 11 is 0. The van der Waals surface area contributed by atoms with Gasteiger partial charge in [0.1, 0.15) is 5.82 Å². The second-order valence-electron chi connectivity index (χ2n) is 6.04. The van der Waals surface area contributed by atoms with Crippen molar-refractivity contribution < 1.29 is 19.1 Å². The number of hydrogen-bond acceptors (Lipinski definition) is 3. The lowest BCUT2D eigenvalue weighted by Gasteiger charge is -2.30. The number of likely N-dealkylation sites (tertiary alicyclic amines) is 1. The lowest BCUT2D eigenvalue weighted by molar-refractivity contribution is -0.143. The number of rotatable bonds is 4. The van der Waals surface area contributed by atoms with Crippen molar-refractivity contribution in [1.29, 1.82) is 0 Å². The molecule has 25 heavy (non-hydrogen) atoms. The normalized spacial score (nSPS) is 17.3. The molecule has 1 aromatic carbocycles. The summed E-state index contributed by atoms with van der Waals surface area (Å²) < 4.78 is 15.8. The molecule has 2 aromatic rings. The maximum Gasteiger partial charge on any atom is 0.317 e. The van der Waals surface area contributed by atoms with Crippen molar-refractivity contribution in [3.63, 3.8) is 0 Å². The summed E-state index contributed by atoms with van der Waals surface area (Å²) in [6, 6.07) is 4.39. The standard InChI is InChI=1S/C17H19FN4O3/c18-14-8-12(3-4-15(14)22-7-5-19-11-22)9-20-17(25)21-6-1-2-13(10-21)16(23)24/h3-5,7-8,11,13H,1-2,6,9-10H2,(H,20,25)(H,23,24). The Hall–Kier alpha value is -2.90. The van der Waals surface area contributed by atoms with Gasteiger partial charge >= 0.3 is 12.0 Å². The van der Waals surface area contributed by atoms with Gasteiger partial charge in [-0.3, -0.25) is 4.79 Å². The summed E-state index contributed by atoms with van der Waals surface area (Å²) in [5, 5.41) is 11.8. The van der Waals surface area contributed by atoms with Crippen molar-refractivity contribution in [2.24, 2.45) is 5.92 Å². The van der Waals surface area contributed by atoms with Gasteiger partial charge in [0.15, 0.2) is 0 Å². The Morgan fingerprint density at radius 3 is 2.92 bits per heavy atom. The predicted octanol–water partition coefficient (Wildman–Crippen LogP) is 2.02. The Morgan fingerprint density at radius 1 is 1.40 bits per heavy atom. The molecule has 1 fully saturated rings. The van der Waals surface area contributed by atoms with Crippen molar-refractivity contribution in [1.82, 2.24) is 19.8 Å². The van der Waals surface area contributed by atoms with E-state index < -0.39 is 17.7 Å². The van der Waals surface area contributed by atoms with Crippen molar-refractivity contribution in [2.75, 3.05) is 13.1 Å². The number of nitrogens with zero attached hydrogens (tertiary/aromatic N) is 3. The van der Waals surface area contributed by atoms with E-state index in [2.05, 4.69) is 10.3 Å². The molecule has 0 saturated carbocycles. The molecule has 2 amide bonds. The second-order valence-corrected chi connectivity index (χ2v) is 6.04. The molecule has 132 valence electrons. The summed E-state index contributed by atoms with van der Waals surface area (Å²) in [6.07, 6.45) is 5.97. The van der Waals surface area contributed by atoms with Crippen molar-refractivity contribution >= 4 is 12.0 Å². The minimum Gasteiger partial charge on any atom is -0.481 e. The average Bonchev–Trinajstić information content (AvgIpc) is 3.14. The van der Waals surface area contributed by atoms with Crippen molar-refractivity contribution in [2.45, 2.75) is 19.4 Å². The molecule has 0 radical (unpaired) electrons. The van der Waals surface area contributed by atoms with Gasteiger partial charge in [-0.2, -0.15) is 0 Å². The molecule has 1 unspecified atom stereocenters. The van der Waals surface area contributed by atoms with Gasteiger partial charge in [-0.05, 0) is 30.5 Å². The second kappa shape index (κ2) is 7.33. The van der Waals surface area contributed by atoms with E-state index >= 15 is 0 Å². The predicted molar refractivity (Wildman–Crippen MR) is 87.7 cm³/mol. The molecular weight excluding hydrogens is 327 g/mol. The van der Waals surface area contributed by atoms with Crippen LogP contribution in [0.2, 0.25) is 0 Å². The van der Waals surface area contributed by atoms with Gasteiger partial charge in [0.05, 0.1) is 17.9 Å². The van der Waals surface area contributed by atoms with Crippen molar-refractivity contribution in [3.05, 3.63) is 48.3 Å². The van der Waals surface area contributed by atoms with E-state index in [9.17, 15) is 14.0 Å². The zero-order valence-corrected chi connectivity index (χ0v) is 13.6. The number of carboxylic acid groups (broad SMARTS) is 1. The van der Waals surface area contributed by atoms with E-state index in [1.54, 1.807) is 29.1 Å². The first kappa shape index (κ1) is 16.9. The molecule has 2 N–H and O–H groups in total. The molecule has 1 aromatic heterocycles. The third-order valence-electron chi connectivity index (χ3n) is 4.30. The summed E-state index contributed by atoms with van der Waals surface area (Å²) in [5.74, 6) is -1.81. The average molecular weight is 346 g/mol. The Labute approximate surface area is 144 Å². The fourth-order valence-corrected chi connectivity index (χ4v) is 2.92. The molecular formula is C17H19FN4O3. The Kier molecular flexibility index (Phi) is 4.97. The fraction of sp³-hybridized carbons (Fsp3) is 0.353. The molecule has 0 spiro atoms. The first-order valence-corrected chi connectivity index (χ1v) is 8.07. The van der Waals surface area contributed by atoms with Gasteiger partial charge in [0.2, 0.25) is 0 Å². The van der Waals surface area contributed by atoms with Crippen LogP contribution < -0.4 is 5.32 Å². The van der Waals surface area contributed by atoms with Crippen LogP contribution in [0, 0.1) is 11.7 Å². The van der Waals surface area contributed by atoms with Crippen LogP contribution >= 0.6 is 0 Å². The van der Waals surface area contributed by atoms with E-state index in [-0.39, 0.29) is 19.1 Å². The lowest BCUT2D eigenvalue weighted by Crippen LogP contribution is -2.46. The maximum absolute atomic E-state index is 14.2. The van der Waals surface area contributed by atoms with Crippen LogP contribution in [0.25, 0.3) is 5.69 Å². The number of aromatic nitrogens is 2. The zero-order valence-electron chi connectivity index (χ0n) is 13.6. The molecule has 1 aliphatic rings. The number of amides is 2. The quantitative estimate of drug-likeness (QED) is 0.887. The van der Waals surface area contributed by atoms with Gasteiger partial charge < -0.3 is 19.9 Å². The van der Waals surface area contributed by atoms with Crippen LogP contribution in [-0.4, -0.2) is 44.6 Å². The molecule has 1 saturated heterocycles. The molecule has 1 atom stereocenters. The number of carboxylic acids is 1. The Bertz CT molecular complexity index is 763. The summed E-state index contributed by atoms with van der Waals surface area (Å²) in [7, 11) is 0. The highest BCUT2D eigenvalue weighted by Crippen LogP contribution is 2.17. The van der Waals surface area contributed by atoms with Gasteiger partial charge in [-0.1, -0.05) is 6.07 Å². The minimum atomic E-state index is -0.880. The smallest absolute Gasteiger partial charge is 0.317 e. The molecule has 0 bridgehead atoms. The molecule has 8 heteroatoms. The number of carbonyl (C=O) groups is 2. The fourth-order valence-electron chi connectivity index (χ4n) is 2.92. The van der Waals surface area contributed by atoms with Crippen LogP contribution in [0.3, 0.4) is 0 Å². The van der Waals surface area contributed by atoms with Gasteiger partial charge in [-0.15, -0.1) is 0 Å². The van der Waals surface area contributed by atoms with Gasteiger partial charge in [0, 0.05) is 32.0 Å². The molecule has 3 rings (SSSR count). The lowest BCUT2D eigenvalue weighted by atomic mass is 9.99. The van der Waals surface area contributed by atoms with Gasteiger partial charge in [0.25, 0.3) is 0 Å². The van der Waals surface area contributed by atoms with Crippen LogP contribution in [0.5, 0.6) is 0 Å². The zero-order chi connectivity index (χ0) is 17.8. The number of imidazole rings is 1. The molecule has 7 nitrogen and oxygen atoms in total. The number of piperidine rings is 1. The summed E-state index contributed by atoms with van der Waals surface area (Å²) in [4.78, 5) is 28.6.